The van der Waals surface area contributed by atoms with Crippen LogP contribution >= 0.6 is 11.8 Å². The molecule has 0 spiro atoms. The van der Waals surface area contributed by atoms with E-state index in [2.05, 4.69) is 4.90 Å². The zero-order chi connectivity index (χ0) is 28.1. The molecule has 1 aliphatic rings. The number of anilines is 1. The molecule has 2 heterocycles. The third-order valence-electron chi connectivity index (χ3n) is 6.85. The fourth-order valence-corrected chi connectivity index (χ4v) is 5.56. The van der Waals surface area contributed by atoms with Gasteiger partial charge in [-0.3, -0.25) is 14.2 Å². The van der Waals surface area contributed by atoms with Gasteiger partial charge in [-0.05, 0) is 66.6 Å². The summed E-state index contributed by atoms with van der Waals surface area (Å²) in [7, 11) is 3.16. The summed E-state index contributed by atoms with van der Waals surface area (Å²) in [6.45, 7) is 3.15. The molecule has 0 unspecified atom stereocenters. The highest BCUT2D eigenvalue weighted by molar-refractivity contribution is 7.99. The fourth-order valence-electron chi connectivity index (χ4n) is 4.64. The van der Waals surface area contributed by atoms with Crippen molar-refractivity contribution < 1.29 is 23.4 Å². The number of carbonyl (C=O) groups is 1. The number of benzene rings is 3. The van der Waals surface area contributed by atoms with Gasteiger partial charge in [0, 0.05) is 30.9 Å². The highest BCUT2D eigenvalue weighted by Gasteiger charge is 2.18. The quantitative estimate of drug-likeness (QED) is 0.157. The van der Waals surface area contributed by atoms with E-state index in [1.54, 1.807) is 18.8 Å². The Balaban J connectivity index is 1.47. The number of morpholine rings is 1. The summed E-state index contributed by atoms with van der Waals surface area (Å²) < 4.78 is 31.2. The molecule has 1 aromatic heterocycles. The zero-order valence-electron chi connectivity index (χ0n) is 22.4. The molecule has 0 bridgehead atoms. The Morgan fingerprint density at radius 3 is 2.48 bits per heavy atom. The predicted molar refractivity (Wildman–Crippen MR) is 154 cm³/mol. The number of fused-ring (bicyclic) bond motifs is 1. The molecule has 5 rings (SSSR count). The van der Waals surface area contributed by atoms with E-state index < -0.39 is 5.82 Å². The minimum Gasteiger partial charge on any atom is -0.493 e. The third kappa shape index (κ3) is 6.13. The minimum atomic E-state index is -0.402. The second-order valence-electron chi connectivity index (χ2n) is 9.31. The summed E-state index contributed by atoms with van der Waals surface area (Å²) in [4.78, 5) is 33.7. The first-order valence-electron chi connectivity index (χ1n) is 13.0. The molecule has 0 N–H and O–H groups in total. The number of thioether (sulfide) groups is 1. The van der Waals surface area contributed by atoms with E-state index in [9.17, 15) is 14.0 Å². The van der Waals surface area contributed by atoms with E-state index in [0.29, 0.717) is 59.3 Å². The molecule has 0 saturated carbocycles. The zero-order valence-corrected chi connectivity index (χ0v) is 23.2. The van der Waals surface area contributed by atoms with E-state index in [4.69, 9.17) is 19.2 Å². The molecule has 1 fully saturated rings. The maximum absolute atomic E-state index is 13.9. The number of aryl methyl sites for hydroxylation is 1. The highest BCUT2D eigenvalue weighted by Crippen LogP contribution is 2.28. The van der Waals surface area contributed by atoms with Crippen molar-refractivity contribution in [2.75, 3.05) is 51.2 Å². The van der Waals surface area contributed by atoms with Gasteiger partial charge in [0.15, 0.2) is 22.4 Å². The van der Waals surface area contributed by atoms with Crippen LogP contribution in [0, 0.1) is 5.82 Å². The van der Waals surface area contributed by atoms with Crippen LogP contribution in [0.4, 0.5) is 10.1 Å². The standard InChI is InChI=1S/C30H30FN3O5S/c1-37-27-10-3-20(17-28(27)38-2)11-12-34-29(36)24-18-23(33-13-15-39-16-14-33)8-9-25(24)32-30(34)40-19-26(35)21-4-6-22(31)7-5-21/h3-10,17-18H,11-16,19H2,1-2H3. The Kier molecular flexibility index (Phi) is 8.66. The lowest BCUT2D eigenvalue weighted by molar-refractivity contribution is 0.102. The van der Waals surface area contributed by atoms with Gasteiger partial charge >= 0.3 is 0 Å². The molecule has 208 valence electrons. The molecule has 1 aliphatic heterocycles. The summed E-state index contributed by atoms with van der Waals surface area (Å²) in [5, 5.41) is 0.970. The Hall–Kier alpha value is -3.89. The number of halogens is 1. The maximum atomic E-state index is 13.9. The monoisotopic (exact) mass is 563 g/mol. The molecule has 3 aromatic carbocycles. The molecule has 4 aromatic rings. The molecule has 0 aliphatic carbocycles. The van der Waals surface area contributed by atoms with Crippen molar-refractivity contribution in [2.24, 2.45) is 0 Å². The van der Waals surface area contributed by atoms with Crippen LogP contribution in [0.25, 0.3) is 10.9 Å². The van der Waals surface area contributed by atoms with Crippen LogP contribution in [0.2, 0.25) is 0 Å². The van der Waals surface area contributed by atoms with Crippen LogP contribution in [0.15, 0.2) is 70.6 Å². The molecule has 8 nitrogen and oxygen atoms in total. The van der Waals surface area contributed by atoms with E-state index >= 15 is 0 Å². The lowest BCUT2D eigenvalue weighted by Crippen LogP contribution is -2.36. The van der Waals surface area contributed by atoms with Crippen LogP contribution in [-0.4, -0.2) is 61.6 Å². The van der Waals surface area contributed by atoms with Crippen molar-refractivity contribution >= 4 is 34.1 Å². The fraction of sp³-hybridized carbons (Fsp3) is 0.300. The van der Waals surface area contributed by atoms with Crippen molar-refractivity contribution in [3.63, 3.8) is 0 Å². The Morgan fingerprint density at radius 2 is 1.75 bits per heavy atom. The van der Waals surface area contributed by atoms with Gasteiger partial charge < -0.3 is 19.1 Å². The van der Waals surface area contributed by atoms with Crippen LogP contribution in [0.1, 0.15) is 15.9 Å². The molecule has 0 atom stereocenters. The van der Waals surface area contributed by atoms with Crippen molar-refractivity contribution in [3.05, 3.63) is 88.0 Å². The number of methoxy groups -OCH3 is 2. The molecule has 0 radical (unpaired) electrons. The maximum Gasteiger partial charge on any atom is 0.262 e. The van der Waals surface area contributed by atoms with Crippen molar-refractivity contribution in [1.82, 2.24) is 9.55 Å². The summed E-state index contributed by atoms with van der Waals surface area (Å²) in [6, 6.07) is 16.8. The van der Waals surface area contributed by atoms with Gasteiger partial charge in [-0.15, -0.1) is 0 Å². The van der Waals surface area contributed by atoms with Crippen molar-refractivity contribution in [1.29, 1.82) is 0 Å². The second-order valence-corrected chi connectivity index (χ2v) is 10.3. The van der Waals surface area contributed by atoms with Crippen molar-refractivity contribution in [2.45, 2.75) is 18.1 Å². The SMILES string of the molecule is COc1ccc(CCn2c(SCC(=O)c3ccc(F)cc3)nc3ccc(N4CCOCC4)cc3c2=O)cc1OC. The predicted octanol–water partition coefficient (Wildman–Crippen LogP) is 4.61. The van der Waals surface area contributed by atoms with Crippen LogP contribution in [-0.2, 0) is 17.7 Å². The molecular weight excluding hydrogens is 533 g/mol. The van der Waals surface area contributed by atoms with Gasteiger partial charge in [-0.1, -0.05) is 17.8 Å². The third-order valence-corrected chi connectivity index (χ3v) is 7.83. The molecular formula is C30H30FN3O5S. The number of ether oxygens (including phenoxy) is 3. The number of carbonyl (C=O) groups excluding carboxylic acids is 1. The Bertz CT molecular complexity index is 1570. The van der Waals surface area contributed by atoms with Crippen LogP contribution in [0.5, 0.6) is 11.5 Å². The summed E-state index contributed by atoms with van der Waals surface area (Å²) in [6.07, 6.45) is 0.538. The first-order chi connectivity index (χ1) is 19.5. The van der Waals surface area contributed by atoms with Gasteiger partial charge in [0.25, 0.3) is 5.56 Å². The van der Waals surface area contributed by atoms with Crippen LogP contribution < -0.4 is 19.9 Å². The van der Waals surface area contributed by atoms with E-state index in [0.717, 1.165) is 24.3 Å². The molecule has 10 heteroatoms. The number of hydrogen-bond acceptors (Lipinski definition) is 8. The summed E-state index contributed by atoms with van der Waals surface area (Å²) in [5.41, 5.74) is 2.72. The average Bonchev–Trinajstić information content (AvgIpc) is 3.00. The van der Waals surface area contributed by atoms with Gasteiger partial charge in [0.1, 0.15) is 5.82 Å². The van der Waals surface area contributed by atoms with Gasteiger partial charge in [0.05, 0.1) is 44.1 Å². The van der Waals surface area contributed by atoms with Gasteiger partial charge in [0.2, 0.25) is 0 Å². The molecule has 40 heavy (non-hydrogen) atoms. The smallest absolute Gasteiger partial charge is 0.262 e. The lowest BCUT2D eigenvalue weighted by Gasteiger charge is -2.29. The minimum absolute atomic E-state index is 0.0613. The number of aromatic nitrogens is 2. The van der Waals surface area contributed by atoms with E-state index in [1.807, 2.05) is 36.4 Å². The Morgan fingerprint density at radius 1 is 1.00 bits per heavy atom. The number of hydrogen-bond donors (Lipinski definition) is 0. The number of nitrogens with zero attached hydrogens (tertiary/aromatic N) is 3. The number of Topliss-reactive ketones (excluding diaryl/α,β-unsaturated/α-hetero) is 1. The van der Waals surface area contributed by atoms with E-state index in [-0.39, 0.29) is 17.1 Å². The van der Waals surface area contributed by atoms with Gasteiger partial charge in [-0.25, -0.2) is 9.37 Å². The average molecular weight is 564 g/mol. The number of rotatable bonds is 10. The lowest BCUT2D eigenvalue weighted by atomic mass is 10.1. The first-order valence-corrected chi connectivity index (χ1v) is 13.9. The topological polar surface area (TPSA) is 82.9 Å². The Labute approximate surface area is 235 Å². The second kappa shape index (κ2) is 12.5. The summed E-state index contributed by atoms with van der Waals surface area (Å²) in [5.74, 6) is 0.723. The highest BCUT2D eigenvalue weighted by atomic mass is 32.2. The van der Waals surface area contributed by atoms with Gasteiger partial charge in [-0.2, -0.15) is 0 Å². The van der Waals surface area contributed by atoms with E-state index in [1.165, 1.54) is 36.0 Å². The largest absolute Gasteiger partial charge is 0.493 e. The first kappa shape index (κ1) is 27.7. The molecule has 0 amide bonds. The van der Waals surface area contributed by atoms with Crippen molar-refractivity contribution in [3.8, 4) is 11.5 Å². The summed E-state index contributed by atoms with van der Waals surface area (Å²) >= 11 is 1.20. The van der Waals surface area contributed by atoms with Crippen LogP contribution in [0.3, 0.4) is 0 Å². The normalized spacial score (nSPS) is 13.4. The number of ketones is 1. The molecule has 1 saturated heterocycles.